The van der Waals surface area contributed by atoms with Gasteiger partial charge < -0.3 is 14.6 Å². The average molecular weight is 458 g/mol. The number of thioether (sulfide) groups is 1. The molecule has 1 aromatic carbocycles. The number of hydrogen-bond acceptors (Lipinski definition) is 7. The van der Waals surface area contributed by atoms with E-state index in [1.54, 1.807) is 34.2 Å². The van der Waals surface area contributed by atoms with Gasteiger partial charge in [-0.3, -0.25) is 4.90 Å². The fourth-order valence-electron chi connectivity index (χ4n) is 3.43. The fourth-order valence-corrected chi connectivity index (χ4v) is 4.90. The van der Waals surface area contributed by atoms with E-state index < -0.39 is 0 Å². The summed E-state index contributed by atoms with van der Waals surface area (Å²) in [6, 6.07) is 7.78. The molecule has 0 saturated carbocycles. The molecule has 1 N–H and O–H groups in total. The third kappa shape index (κ3) is 6.56. The largest absolute Gasteiger partial charge is 0.415 e. The van der Waals surface area contributed by atoms with E-state index >= 15 is 0 Å². The highest BCUT2D eigenvalue weighted by molar-refractivity contribution is 7.99. The molecule has 7 nitrogen and oxygen atoms in total. The number of amides is 1. The number of aromatic nitrogens is 3. The van der Waals surface area contributed by atoms with Crippen LogP contribution < -0.4 is 4.74 Å². The molecule has 0 aliphatic carbocycles. The Morgan fingerprint density at radius 2 is 2.00 bits per heavy atom. The van der Waals surface area contributed by atoms with E-state index in [1.165, 1.54) is 5.56 Å². The predicted molar refractivity (Wildman–Crippen MR) is 124 cm³/mol. The second-order valence-electron chi connectivity index (χ2n) is 7.44. The van der Waals surface area contributed by atoms with Crippen molar-refractivity contribution in [2.24, 2.45) is 0 Å². The van der Waals surface area contributed by atoms with Crippen LogP contribution in [0.25, 0.3) is 0 Å². The Labute approximate surface area is 190 Å². The molecule has 1 fully saturated rings. The molecule has 0 bridgehead atoms. The Hall–Kier alpha value is -2.36. The van der Waals surface area contributed by atoms with Crippen molar-refractivity contribution in [1.82, 2.24) is 24.8 Å². The fraction of sp³-hybridized carbons (Fsp3) is 0.409. The minimum absolute atomic E-state index is 0.268. The summed E-state index contributed by atoms with van der Waals surface area (Å²) in [6.07, 6.45) is 5.21. The van der Waals surface area contributed by atoms with E-state index in [-0.39, 0.29) is 6.09 Å². The maximum Gasteiger partial charge on any atom is 0.415 e. The van der Waals surface area contributed by atoms with E-state index in [1.807, 2.05) is 37.4 Å². The molecule has 9 heteroatoms. The minimum Gasteiger partial charge on any atom is -0.410 e. The minimum atomic E-state index is -0.268. The Morgan fingerprint density at radius 3 is 2.68 bits per heavy atom. The molecule has 1 amide bonds. The molecular weight excluding hydrogens is 430 g/mol. The topological polar surface area (TPSA) is 74.3 Å². The van der Waals surface area contributed by atoms with Gasteiger partial charge in [-0.25, -0.2) is 14.8 Å². The van der Waals surface area contributed by atoms with Gasteiger partial charge in [0.05, 0.1) is 10.7 Å². The van der Waals surface area contributed by atoms with Crippen LogP contribution in [0, 0.1) is 6.92 Å². The lowest BCUT2D eigenvalue weighted by Crippen LogP contribution is -2.49. The smallest absolute Gasteiger partial charge is 0.410 e. The SMILES string of the molecule is Cc1nc(CCN2CCN(C(=O)Oc3ccc(CCSc4ncc[nH]4)cc3)CC2)cs1. The average Bonchev–Trinajstić information content (AvgIpc) is 3.45. The maximum absolute atomic E-state index is 12.5. The normalized spacial score (nSPS) is 14.7. The summed E-state index contributed by atoms with van der Waals surface area (Å²) in [5, 5.41) is 4.18. The van der Waals surface area contributed by atoms with Gasteiger partial charge in [0.15, 0.2) is 5.16 Å². The number of aryl methyl sites for hydroxylation is 2. The van der Waals surface area contributed by atoms with Gasteiger partial charge in [0, 0.05) is 62.7 Å². The van der Waals surface area contributed by atoms with Crippen LogP contribution in [0.15, 0.2) is 47.2 Å². The number of thiazole rings is 1. The Kier molecular flexibility index (Phi) is 7.61. The van der Waals surface area contributed by atoms with E-state index in [0.29, 0.717) is 18.8 Å². The number of H-pyrrole nitrogens is 1. The maximum atomic E-state index is 12.5. The van der Waals surface area contributed by atoms with Crippen LogP contribution in [0.4, 0.5) is 4.79 Å². The van der Waals surface area contributed by atoms with Crippen LogP contribution in [0.3, 0.4) is 0 Å². The lowest BCUT2D eigenvalue weighted by Gasteiger charge is -2.33. The highest BCUT2D eigenvalue weighted by atomic mass is 32.2. The molecule has 0 radical (unpaired) electrons. The zero-order valence-electron chi connectivity index (χ0n) is 17.6. The van der Waals surface area contributed by atoms with E-state index in [4.69, 9.17) is 4.74 Å². The number of benzene rings is 1. The summed E-state index contributed by atoms with van der Waals surface area (Å²) in [5.41, 5.74) is 2.37. The van der Waals surface area contributed by atoms with Gasteiger partial charge in [-0.15, -0.1) is 11.3 Å². The number of piperazine rings is 1. The highest BCUT2D eigenvalue weighted by Crippen LogP contribution is 2.18. The number of rotatable bonds is 8. The second kappa shape index (κ2) is 10.8. The first-order valence-corrected chi connectivity index (χ1v) is 12.3. The third-order valence-electron chi connectivity index (χ3n) is 5.21. The van der Waals surface area contributed by atoms with Crippen LogP contribution in [-0.2, 0) is 12.8 Å². The molecule has 1 aliphatic heterocycles. The first-order chi connectivity index (χ1) is 15.2. The second-order valence-corrected chi connectivity index (χ2v) is 9.59. The molecule has 1 saturated heterocycles. The molecule has 1 aliphatic rings. The van der Waals surface area contributed by atoms with Crippen molar-refractivity contribution in [2.45, 2.75) is 24.9 Å². The van der Waals surface area contributed by atoms with Crippen LogP contribution in [0.2, 0.25) is 0 Å². The Morgan fingerprint density at radius 1 is 1.19 bits per heavy atom. The van der Waals surface area contributed by atoms with Gasteiger partial charge in [0.25, 0.3) is 0 Å². The van der Waals surface area contributed by atoms with Crippen molar-refractivity contribution in [3.8, 4) is 5.75 Å². The molecular formula is C22H27N5O2S2. The molecule has 31 heavy (non-hydrogen) atoms. The van der Waals surface area contributed by atoms with Gasteiger partial charge in [0.2, 0.25) is 0 Å². The quantitative estimate of drug-likeness (QED) is 0.518. The van der Waals surface area contributed by atoms with Gasteiger partial charge in [-0.2, -0.15) is 0 Å². The van der Waals surface area contributed by atoms with Crippen molar-refractivity contribution in [3.05, 3.63) is 58.3 Å². The van der Waals surface area contributed by atoms with Crippen molar-refractivity contribution >= 4 is 29.2 Å². The number of carbonyl (C=O) groups excluding carboxylic acids is 1. The summed E-state index contributed by atoms with van der Waals surface area (Å²) >= 11 is 3.39. The van der Waals surface area contributed by atoms with Gasteiger partial charge in [-0.05, 0) is 31.0 Å². The summed E-state index contributed by atoms with van der Waals surface area (Å²) < 4.78 is 5.58. The molecule has 164 valence electrons. The highest BCUT2D eigenvalue weighted by Gasteiger charge is 2.22. The molecule has 0 atom stereocenters. The summed E-state index contributed by atoms with van der Waals surface area (Å²) in [4.78, 5) is 28.5. The lowest BCUT2D eigenvalue weighted by atomic mass is 10.2. The monoisotopic (exact) mass is 457 g/mol. The van der Waals surface area contributed by atoms with Gasteiger partial charge >= 0.3 is 6.09 Å². The molecule has 4 rings (SSSR count). The van der Waals surface area contributed by atoms with E-state index in [2.05, 4.69) is 25.2 Å². The van der Waals surface area contributed by atoms with Crippen LogP contribution in [0.1, 0.15) is 16.3 Å². The van der Waals surface area contributed by atoms with Crippen molar-refractivity contribution < 1.29 is 9.53 Å². The van der Waals surface area contributed by atoms with Crippen LogP contribution >= 0.6 is 23.1 Å². The van der Waals surface area contributed by atoms with Gasteiger partial charge in [0.1, 0.15) is 5.75 Å². The van der Waals surface area contributed by atoms with Crippen LogP contribution in [0.5, 0.6) is 5.75 Å². The number of nitrogens with zero attached hydrogens (tertiary/aromatic N) is 4. The molecule has 0 spiro atoms. The van der Waals surface area contributed by atoms with Crippen molar-refractivity contribution in [1.29, 1.82) is 0 Å². The van der Waals surface area contributed by atoms with Crippen molar-refractivity contribution in [3.63, 3.8) is 0 Å². The van der Waals surface area contributed by atoms with Crippen LogP contribution in [-0.4, -0.2) is 69.3 Å². The molecule has 3 aromatic rings. The Balaban J connectivity index is 1.16. The molecule has 0 unspecified atom stereocenters. The standard InChI is InChI=1S/C22H27N5O2S2/c1-17-25-19(16-31-17)6-10-26-11-13-27(14-12-26)22(28)29-20-4-2-18(3-5-20)7-15-30-21-23-8-9-24-21/h2-5,8-9,16H,6-7,10-15H2,1H3,(H,23,24). The summed E-state index contributed by atoms with van der Waals surface area (Å²) in [5.74, 6) is 1.53. The van der Waals surface area contributed by atoms with E-state index in [0.717, 1.165) is 54.1 Å². The predicted octanol–water partition coefficient (Wildman–Crippen LogP) is 3.87. The number of imidazole rings is 1. The first kappa shape index (κ1) is 21.9. The number of carbonyl (C=O) groups is 1. The molecule has 2 aromatic heterocycles. The number of aromatic amines is 1. The zero-order chi connectivity index (χ0) is 21.5. The first-order valence-electron chi connectivity index (χ1n) is 10.5. The Bertz CT molecular complexity index is 951. The van der Waals surface area contributed by atoms with E-state index in [9.17, 15) is 4.79 Å². The summed E-state index contributed by atoms with van der Waals surface area (Å²) in [7, 11) is 0. The number of hydrogen-bond donors (Lipinski definition) is 1. The number of nitrogens with one attached hydrogen (secondary N) is 1. The molecule has 3 heterocycles. The zero-order valence-corrected chi connectivity index (χ0v) is 19.3. The summed E-state index contributed by atoms with van der Waals surface area (Å²) in [6.45, 7) is 6.13. The third-order valence-corrected chi connectivity index (χ3v) is 6.94. The lowest BCUT2D eigenvalue weighted by molar-refractivity contribution is 0.111. The van der Waals surface area contributed by atoms with Gasteiger partial charge in [-0.1, -0.05) is 23.9 Å². The number of ether oxygens (including phenoxy) is 1. The van der Waals surface area contributed by atoms with Crippen molar-refractivity contribution in [2.75, 3.05) is 38.5 Å².